The van der Waals surface area contributed by atoms with E-state index in [4.69, 9.17) is 21.6 Å². The van der Waals surface area contributed by atoms with E-state index in [-0.39, 0.29) is 11.6 Å². The third kappa shape index (κ3) is 6.06. The number of nitrogens with one attached hydrogen (secondary N) is 1. The minimum atomic E-state index is -0.0410. The van der Waals surface area contributed by atoms with E-state index in [2.05, 4.69) is 52.4 Å². The maximum atomic E-state index is 13.4. The average molecular weight is 552 g/mol. The molecule has 1 aliphatic carbocycles. The number of pyridine rings is 1. The van der Waals surface area contributed by atoms with E-state index < -0.39 is 0 Å². The van der Waals surface area contributed by atoms with Gasteiger partial charge in [-0.15, -0.1) is 0 Å². The molecule has 0 spiro atoms. The van der Waals surface area contributed by atoms with Crippen LogP contribution in [-0.2, 0) is 6.42 Å². The maximum Gasteiger partial charge on any atom is 0.253 e. The lowest BCUT2D eigenvalue weighted by molar-refractivity contribution is 0.415. The molecule has 2 aromatic carbocycles. The molecule has 0 bridgehead atoms. The first-order valence-electron chi connectivity index (χ1n) is 14.4. The van der Waals surface area contributed by atoms with E-state index in [1.807, 2.05) is 35.0 Å². The summed E-state index contributed by atoms with van der Waals surface area (Å²) in [5.41, 5.74) is 3.48. The van der Waals surface area contributed by atoms with E-state index in [1.54, 1.807) is 6.07 Å². The van der Waals surface area contributed by atoms with Crippen molar-refractivity contribution in [3.63, 3.8) is 0 Å². The molecule has 6 nitrogen and oxygen atoms in total. The highest BCUT2D eigenvalue weighted by Crippen LogP contribution is 2.31. The lowest BCUT2D eigenvalue weighted by Gasteiger charge is -2.32. The zero-order valence-corrected chi connectivity index (χ0v) is 23.4. The minimum Gasteiger partial charge on any atom is -0.341 e. The summed E-state index contributed by atoms with van der Waals surface area (Å²) < 4.78 is 1.90. The first-order valence-corrected chi connectivity index (χ1v) is 14.7. The summed E-state index contributed by atoms with van der Waals surface area (Å²) in [6, 6.07) is 20.4. The van der Waals surface area contributed by atoms with E-state index >= 15 is 0 Å². The molecule has 7 heteroatoms. The van der Waals surface area contributed by atoms with Crippen molar-refractivity contribution in [2.45, 2.75) is 57.0 Å². The van der Waals surface area contributed by atoms with E-state index in [1.165, 1.54) is 5.56 Å². The zero-order valence-electron chi connectivity index (χ0n) is 22.7. The van der Waals surface area contributed by atoms with Crippen molar-refractivity contribution in [2.75, 3.05) is 24.5 Å². The van der Waals surface area contributed by atoms with Crippen LogP contribution >= 0.6 is 11.6 Å². The number of aromatic nitrogens is 3. The molecule has 4 aromatic rings. The number of anilines is 1. The molecular formula is C33H34ClN5O. The van der Waals surface area contributed by atoms with Gasteiger partial charge in [-0.05, 0) is 62.4 Å². The molecule has 0 amide bonds. The molecule has 40 heavy (non-hydrogen) atoms. The number of fused-ring (bicyclic) bond motifs is 1. The van der Waals surface area contributed by atoms with Gasteiger partial charge in [0, 0.05) is 53.6 Å². The van der Waals surface area contributed by atoms with Crippen LogP contribution in [0, 0.1) is 11.8 Å². The first-order chi connectivity index (χ1) is 19.6. The lowest BCUT2D eigenvalue weighted by Crippen LogP contribution is -2.43. The van der Waals surface area contributed by atoms with Crippen molar-refractivity contribution in [1.29, 1.82) is 0 Å². The molecule has 0 atom stereocenters. The smallest absolute Gasteiger partial charge is 0.253 e. The number of nitrogens with zero attached hydrogens (tertiary/aromatic N) is 4. The maximum absolute atomic E-state index is 13.4. The zero-order chi connectivity index (χ0) is 27.3. The van der Waals surface area contributed by atoms with Crippen molar-refractivity contribution in [3.8, 4) is 11.8 Å². The number of hydrogen-bond acceptors (Lipinski definition) is 5. The van der Waals surface area contributed by atoms with Crippen LogP contribution in [0.25, 0.3) is 11.0 Å². The lowest BCUT2D eigenvalue weighted by atomic mass is 10.0. The third-order valence-corrected chi connectivity index (χ3v) is 8.34. The Labute approximate surface area is 240 Å². The second-order valence-electron chi connectivity index (χ2n) is 10.8. The molecule has 2 aromatic heterocycles. The predicted octanol–water partition coefficient (Wildman–Crippen LogP) is 5.76. The molecule has 6 rings (SSSR count). The Morgan fingerprint density at radius 2 is 1.75 bits per heavy atom. The summed E-state index contributed by atoms with van der Waals surface area (Å²) in [6.07, 6.45) is 9.25. The number of rotatable bonds is 6. The van der Waals surface area contributed by atoms with Gasteiger partial charge in [-0.2, -0.15) is 4.98 Å². The summed E-state index contributed by atoms with van der Waals surface area (Å²) >= 11 is 6.14. The molecule has 0 radical (unpaired) electrons. The van der Waals surface area contributed by atoms with Crippen LogP contribution in [0.4, 0.5) is 5.95 Å². The Bertz CT molecular complexity index is 1590. The first kappa shape index (κ1) is 26.6. The van der Waals surface area contributed by atoms with Gasteiger partial charge in [-0.25, -0.2) is 4.98 Å². The van der Waals surface area contributed by atoms with Crippen LogP contribution in [-0.4, -0.2) is 40.2 Å². The Morgan fingerprint density at radius 3 is 2.52 bits per heavy atom. The minimum absolute atomic E-state index is 0.0410. The van der Waals surface area contributed by atoms with Crippen LogP contribution in [0.2, 0.25) is 5.02 Å². The van der Waals surface area contributed by atoms with Crippen molar-refractivity contribution < 1.29 is 0 Å². The largest absolute Gasteiger partial charge is 0.341 e. The van der Waals surface area contributed by atoms with E-state index in [9.17, 15) is 4.79 Å². The SMILES string of the molecule is O=c1cc(C#Cc2cccc(Cl)c2)c2cnc(N3CCC(NCCc4ccccc4)CC3)nc2n1C1CCCC1. The molecule has 2 fully saturated rings. The quantitative estimate of drug-likeness (QED) is 0.309. The molecule has 1 saturated carbocycles. The highest BCUT2D eigenvalue weighted by molar-refractivity contribution is 6.30. The van der Waals surface area contributed by atoms with Crippen LogP contribution < -0.4 is 15.8 Å². The van der Waals surface area contributed by atoms with Gasteiger partial charge in [0.25, 0.3) is 5.56 Å². The predicted molar refractivity (Wildman–Crippen MR) is 162 cm³/mol. The van der Waals surface area contributed by atoms with Crippen molar-refractivity contribution in [3.05, 3.63) is 98.9 Å². The van der Waals surface area contributed by atoms with Gasteiger partial charge in [-0.3, -0.25) is 9.36 Å². The second kappa shape index (κ2) is 12.2. The van der Waals surface area contributed by atoms with Crippen LogP contribution in [0.1, 0.15) is 61.3 Å². The molecule has 204 valence electrons. The summed E-state index contributed by atoms with van der Waals surface area (Å²) in [6.45, 7) is 2.75. The number of piperidine rings is 1. The fraction of sp³-hybridized carbons (Fsp3) is 0.364. The topological polar surface area (TPSA) is 63.1 Å². The average Bonchev–Trinajstić information content (AvgIpc) is 3.51. The number of halogens is 1. The Balaban J connectivity index is 1.23. The van der Waals surface area contributed by atoms with Crippen molar-refractivity contribution in [2.24, 2.45) is 0 Å². The summed E-state index contributed by atoms with van der Waals surface area (Å²) in [4.78, 5) is 25.5. The monoisotopic (exact) mass is 551 g/mol. The standard InChI is InChI=1S/C33H34ClN5O/c34-27-10-6-9-25(21-27)13-14-26-22-31(40)39(29-11-4-5-12-29)32-30(26)23-36-33(37-32)38-19-16-28(17-20-38)35-18-15-24-7-2-1-3-8-24/h1-3,6-10,21-23,28-29,35H,4-5,11-12,15-20H2. The van der Waals surface area contributed by atoms with Gasteiger partial charge in [0.05, 0.1) is 5.39 Å². The Morgan fingerprint density at radius 1 is 0.950 bits per heavy atom. The van der Waals surface area contributed by atoms with Crippen LogP contribution in [0.15, 0.2) is 71.7 Å². The second-order valence-corrected chi connectivity index (χ2v) is 11.3. The van der Waals surface area contributed by atoms with E-state index in [0.717, 1.165) is 75.5 Å². The number of benzene rings is 2. The normalized spacial score (nSPS) is 16.3. The van der Waals surface area contributed by atoms with Gasteiger partial charge in [-0.1, -0.05) is 72.7 Å². The fourth-order valence-corrected chi connectivity index (χ4v) is 6.13. The van der Waals surface area contributed by atoms with Crippen molar-refractivity contribution >= 4 is 28.6 Å². The molecule has 1 N–H and O–H groups in total. The summed E-state index contributed by atoms with van der Waals surface area (Å²) in [7, 11) is 0. The van der Waals surface area contributed by atoms with Crippen LogP contribution in [0.5, 0.6) is 0 Å². The summed E-state index contributed by atoms with van der Waals surface area (Å²) in [5, 5.41) is 5.18. The van der Waals surface area contributed by atoms with Gasteiger partial charge >= 0.3 is 0 Å². The molecule has 0 unspecified atom stereocenters. The molecule has 1 aliphatic heterocycles. The highest BCUT2D eigenvalue weighted by atomic mass is 35.5. The Hall–Kier alpha value is -3.66. The molecular weight excluding hydrogens is 518 g/mol. The van der Waals surface area contributed by atoms with Gasteiger partial charge in [0.15, 0.2) is 0 Å². The fourth-order valence-electron chi connectivity index (χ4n) is 5.94. The molecule has 2 aliphatic rings. The van der Waals surface area contributed by atoms with Crippen molar-refractivity contribution in [1.82, 2.24) is 19.9 Å². The van der Waals surface area contributed by atoms with E-state index in [0.29, 0.717) is 28.2 Å². The third-order valence-electron chi connectivity index (χ3n) is 8.10. The molecule has 3 heterocycles. The van der Waals surface area contributed by atoms with Crippen LogP contribution in [0.3, 0.4) is 0 Å². The Kier molecular flexibility index (Phi) is 8.13. The van der Waals surface area contributed by atoms with Gasteiger partial charge < -0.3 is 10.2 Å². The summed E-state index contributed by atoms with van der Waals surface area (Å²) in [5.74, 6) is 7.06. The highest BCUT2D eigenvalue weighted by Gasteiger charge is 2.24. The van der Waals surface area contributed by atoms with Gasteiger partial charge in [0.2, 0.25) is 5.95 Å². The molecule has 1 saturated heterocycles. The number of hydrogen-bond donors (Lipinski definition) is 1. The van der Waals surface area contributed by atoms with Gasteiger partial charge in [0.1, 0.15) is 5.65 Å².